The zero-order chi connectivity index (χ0) is 18.0. The van der Waals surface area contributed by atoms with Gasteiger partial charge in [-0.15, -0.1) is 0 Å². The zero-order valence-corrected chi connectivity index (χ0v) is 14.1. The molecule has 1 aliphatic heterocycles. The number of benzene rings is 2. The van der Waals surface area contributed by atoms with Gasteiger partial charge in [0.1, 0.15) is 23.7 Å². The monoisotopic (exact) mass is 342 g/mol. The number of ether oxygens (including phenoxy) is 1. The maximum Gasteiger partial charge on any atom is 0.325 e. The predicted molar refractivity (Wildman–Crippen MR) is 90.7 cm³/mol. The molecule has 6 heteroatoms. The number of urea groups is 1. The number of rotatable bonds is 5. The smallest absolute Gasteiger partial charge is 0.325 e. The van der Waals surface area contributed by atoms with E-state index in [4.69, 9.17) is 4.74 Å². The predicted octanol–water partition coefficient (Wildman–Crippen LogP) is 2.98. The van der Waals surface area contributed by atoms with E-state index in [0.29, 0.717) is 5.75 Å². The minimum atomic E-state index is -1.10. The summed E-state index contributed by atoms with van der Waals surface area (Å²) in [6, 6.07) is 12.7. The number of imide groups is 1. The van der Waals surface area contributed by atoms with E-state index in [0.717, 1.165) is 16.0 Å². The molecule has 3 rings (SSSR count). The van der Waals surface area contributed by atoms with Crippen molar-refractivity contribution in [3.63, 3.8) is 0 Å². The van der Waals surface area contributed by atoms with Gasteiger partial charge in [0.05, 0.1) is 6.54 Å². The van der Waals surface area contributed by atoms with Crippen LogP contribution in [0.5, 0.6) is 5.75 Å². The van der Waals surface area contributed by atoms with Crippen LogP contribution in [0.15, 0.2) is 48.5 Å². The van der Waals surface area contributed by atoms with E-state index in [9.17, 15) is 14.0 Å². The Bertz CT molecular complexity index is 824. The van der Waals surface area contributed by atoms with Gasteiger partial charge >= 0.3 is 6.03 Å². The Morgan fingerprint density at radius 2 is 1.92 bits per heavy atom. The molecular weight excluding hydrogens is 323 g/mol. The Kier molecular flexibility index (Phi) is 4.44. The van der Waals surface area contributed by atoms with E-state index in [1.807, 2.05) is 31.2 Å². The van der Waals surface area contributed by atoms with Crippen LogP contribution in [-0.4, -0.2) is 30.0 Å². The van der Waals surface area contributed by atoms with Crippen molar-refractivity contribution in [2.45, 2.75) is 19.4 Å². The summed E-state index contributed by atoms with van der Waals surface area (Å²) >= 11 is 0. The Morgan fingerprint density at radius 1 is 1.16 bits per heavy atom. The quantitative estimate of drug-likeness (QED) is 0.850. The number of hydrogen-bond acceptors (Lipinski definition) is 3. The number of halogens is 1. The van der Waals surface area contributed by atoms with Crippen molar-refractivity contribution in [1.82, 2.24) is 10.2 Å². The van der Waals surface area contributed by atoms with E-state index in [2.05, 4.69) is 5.32 Å². The third-order valence-electron chi connectivity index (χ3n) is 4.34. The SMILES string of the molecule is Cc1ccccc1C1(C)NC(=O)N(CCOc2cccc(F)c2)C1=O. The second-order valence-electron chi connectivity index (χ2n) is 6.13. The van der Waals surface area contributed by atoms with Crippen molar-refractivity contribution in [3.05, 3.63) is 65.5 Å². The second kappa shape index (κ2) is 6.55. The molecule has 5 nitrogen and oxygen atoms in total. The summed E-state index contributed by atoms with van der Waals surface area (Å²) in [4.78, 5) is 26.2. The van der Waals surface area contributed by atoms with Gasteiger partial charge in [0.25, 0.3) is 5.91 Å². The lowest BCUT2D eigenvalue weighted by Crippen LogP contribution is -2.41. The number of carbonyl (C=O) groups is 2. The van der Waals surface area contributed by atoms with E-state index >= 15 is 0 Å². The normalized spacial score (nSPS) is 19.9. The molecule has 3 amide bonds. The average molecular weight is 342 g/mol. The Hall–Kier alpha value is -2.89. The van der Waals surface area contributed by atoms with Gasteiger partial charge in [-0.25, -0.2) is 9.18 Å². The van der Waals surface area contributed by atoms with Crippen LogP contribution in [0.1, 0.15) is 18.1 Å². The number of hydrogen-bond donors (Lipinski definition) is 1. The molecule has 0 spiro atoms. The van der Waals surface area contributed by atoms with Gasteiger partial charge in [-0.3, -0.25) is 9.69 Å². The molecule has 0 aromatic heterocycles. The summed E-state index contributed by atoms with van der Waals surface area (Å²) in [6.45, 7) is 3.77. The first-order valence-corrected chi connectivity index (χ1v) is 8.00. The maximum atomic E-state index is 13.1. The number of nitrogens with one attached hydrogen (secondary N) is 1. The van der Waals surface area contributed by atoms with Crippen molar-refractivity contribution >= 4 is 11.9 Å². The first-order chi connectivity index (χ1) is 11.9. The van der Waals surface area contributed by atoms with Crippen LogP contribution in [0, 0.1) is 12.7 Å². The molecule has 0 radical (unpaired) electrons. The molecule has 1 fully saturated rings. The zero-order valence-electron chi connectivity index (χ0n) is 14.1. The van der Waals surface area contributed by atoms with Crippen LogP contribution in [0.2, 0.25) is 0 Å². The summed E-state index contributed by atoms with van der Waals surface area (Å²) in [5, 5.41) is 2.77. The van der Waals surface area contributed by atoms with Gasteiger partial charge < -0.3 is 10.1 Å². The molecule has 1 N–H and O–H groups in total. The summed E-state index contributed by atoms with van der Waals surface area (Å²) in [5.74, 6) is -0.372. The van der Waals surface area contributed by atoms with Crippen LogP contribution in [-0.2, 0) is 10.3 Å². The Morgan fingerprint density at radius 3 is 2.64 bits per heavy atom. The highest BCUT2D eigenvalue weighted by atomic mass is 19.1. The van der Waals surface area contributed by atoms with Crippen molar-refractivity contribution < 1.29 is 18.7 Å². The highest BCUT2D eigenvalue weighted by molar-refractivity contribution is 6.07. The van der Waals surface area contributed by atoms with Gasteiger partial charge in [-0.1, -0.05) is 30.3 Å². The maximum absolute atomic E-state index is 13.1. The third-order valence-corrected chi connectivity index (χ3v) is 4.34. The summed E-state index contributed by atoms with van der Waals surface area (Å²) in [7, 11) is 0. The lowest BCUT2D eigenvalue weighted by Gasteiger charge is -2.24. The van der Waals surface area contributed by atoms with E-state index in [1.54, 1.807) is 13.0 Å². The lowest BCUT2D eigenvalue weighted by molar-refractivity contribution is -0.131. The van der Waals surface area contributed by atoms with Crippen molar-refractivity contribution in [3.8, 4) is 5.75 Å². The first kappa shape index (κ1) is 17.0. The lowest BCUT2D eigenvalue weighted by atomic mass is 9.88. The third kappa shape index (κ3) is 3.20. The Balaban J connectivity index is 1.70. The van der Waals surface area contributed by atoms with E-state index < -0.39 is 17.4 Å². The van der Waals surface area contributed by atoms with Crippen molar-refractivity contribution in [1.29, 1.82) is 0 Å². The topological polar surface area (TPSA) is 58.6 Å². The van der Waals surface area contributed by atoms with Crippen LogP contribution in [0.3, 0.4) is 0 Å². The van der Waals surface area contributed by atoms with Crippen LogP contribution < -0.4 is 10.1 Å². The summed E-state index contributed by atoms with van der Waals surface area (Å²) < 4.78 is 18.6. The highest BCUT2D eigenvalue weighted by Gasteiger charge is 2.49. The number of aryl methyl sites for hydroxylation is 1. The standard InChI is InChI=1S/C19H19FN2O3/c1-13-6-3-4-9-16(13)19(2)17(23)22(18(24)21-19)10-11-25-15-8-5-7-14(20)12-15/h3-9,12H,10-11H2,1-2H3,(H,21,24). The van der Waals surface area contributed by atoms with Gasteiger partial charge in [-0.05, 0) is 37.1 Å². The van der Waals surface area contributed by atoms with Crippen LogP contribution in [0.25, 0.3) is 0 Å². The molecule has 1 aliphatic rings. The number of carbonyl (C=O) groups excluding carboxylic acids is 2. The fraction of sp³-hybridized carbons (Fsp3) is 0.263. The fourth-order valence-corrected chi connectivity index (χ4v) is 3.03. The molecule has 2 aromatic carbocycles. The minimum absolute atomic E-state index is 0.0860. The fourth-order valence-electron chi connectivity index (χ4n) is 3.03. The van der Waals surface area contributed by atoms with Gasteiger partial charge in [0.2, 0.25) is 0 Å². The molecule has 0 saturated carbocycles. The minimum Gasteiger partial charge on any atom is -0.492 e. The van der Waals surface area contributed by atoms with E-state index in [-0.39, 0.29) is 19.1 Å². The van der Waals surface area contributed by atoms with Crippen molar-refractivity contribution in [2.24, 2.45) is 0 Å². The molecule has 1 saturated heterocycles. The van der Waals surface area contributed by atoms with Crippen molar-refractivity contribution in [2.75, 3.05) is 13.2 Å². The van der Waals surface area contributed by atoms with Gasteiger partial charge in [-0.2, -0.15) is 0 Å². The highest BCUT2D eigenvalue weighted by Crippen LogP contribution is 2.30. The molecule has 25 heavy (non-hydrogen) atoms. The van der Waals surface area contributed by atoms with Crippen LogP contribution >= 0.6 is 0 Å². The number of nitrogens with zero attached hydrogens (tertiary/aromatic N) is 1. The van der Waals surface area contributed by atoms with E-state index in [1.165, 1.54) is 18.2 Å². The molecule has 2 aromatic rings. The molecule has 0 bridgehead atoms. The summed E-state index contributed by atoms with van der Waals surface area (Å²) in [5.41, 5.74) is 0.597. The largest absolute Gasteiger partial charge is 0.492 e. The van der Waals surface area contributed by atoms with Gasteiger partial charge in [0.15, 0.2) is 0 Å². The van der Waals surface area contributed by atoms with Gasteiger partial charge in [0, 0.05) is 6.07 Å². The molecule has 130 valence electrons. The van der Waals surface area contributed by atoms with Crippen LogP contribution in [0.4, 0.5) is 9.18 Å². The second-order valence-corrected chi connectivity index (χ2v) is 6.13. The summed E-state index contributed by atoms with van der Waals surface area (Å²) in [6.07, 6.45) is 0. The molecule has 1 heterocycles. The number of amides is 3. The molecular formula is C19H19FN2O3. The molecule has 0 aliphatic carbocycles. The first-order valence-electron chi connectivity index (χ1n) is 8.00. The Labute approximate surface area is 145 Å². The molecule has 1 atom stereocenters. The average Bonchev–Trinajstić information content (AvgIpc) is 2.79. The molecule has 1 unspecified atom stereocenters.